The molecular formula is C6H5ClN2O. The topological polar surface area (TPSA) is 42.9 Å². The molecule has 0 aliphatic rings. The molecule has 0 unspecified atom stereocenters. The van der Waals surface area contributed by atoms with E-state index in [1.807, 2.05) is 0 Å². The lowest BCUT2D eigenvalue weighted by Crippen LogP contribution is -1.99. The number of aromatic nitrogens is 2. The summed E-state index contributed by atoms with van der Waals surface area (Å²) >= 11 is 5.49. The van der Waals surface area contributed by atoms with Gasteiger partial charge in [0.1, 0.15) is 5.15 Å². The number of rotatable bonds is 1. The molecule has 3 nitrogen and oxygen atoms in total. The van der Waals surface area contributed by atoms with Crippen LogP contribution in [-0.2, 0) is 0 Å². The van der Waals surface area contributed by atoms with Crippen LogP contribution in [0.5, 0.6) is 0 Å². The molecule has 0 N–H and O–H groups in total. The van der Waals surface area contributed by atoms with Crippen LogP contribution in [0.4, 0.5) is 0 Å². The molecule has 0 saturated heterocycles. The zero-order chi connectivity index (χ0) is 7.56. The highest BCUT2D eigenvalue weighted by Crippen LogP contribution is 2.01. The number of hydrogen-bond acceptors (Lipinski definition) is 3. The minimum atomic E-state index is -0.178. The van der Waals surface area contributed by atoms with Crippen molar-refractivity contribution in [2.24, 2.45) is 0 Å². The van der Waals surface area contributed by atoms with Gasteiger partial charge >= 0.3 is 0 Å². The van der Waals surface area contributed by atoms with E-state index >= 15 is 0 Å². The molecule has 0 radical (unpaired) electrons. The van der Waals surface area contributed by atoms with Gasteiger partial charge in [0.05, 0.1) is 0 Å². The first-order valence-electron chi connectivity index (χ1n) is 2.69. The third-order valence-electron chi connectivity index (χ3n) is 0.936. The second-order valence-electron chi connectivity index (χ2n) is 1.76. The SMILES string of the molecule is CC(=O)c1nccc(Cl)n1. The van der Waals surface area contributed by atoms with Gasteiger partial charge in [-0.1, -0.05) is 11.6 Å². The largest absolute Gasteiger partial charge is 0.291 e. The second-order valence-corrected chi connectivity index (χ2v) is 2.15. The molecule has 52 valence electrons. The predicted octanol–water partition coefficient (Wildman–Crippen LogP) is 1.33. The van der Waals surface area contributed by atoms with Crippen LogP contribution in [-0.4, -0.2) is 15.8 Å². The standard InChI is InChI=1S/C6H5ClN2O/c1-4(10)6-8-3-2-5(7)9-6/h2-3H,1H3. The Morgan fingerprint density at radius 3 is 2.80 bits per heavy atom. The third kappa shape index (κ3) is 1.51. The Labute approximate surface area is 63.1 Å². The average molecular weight is 157 g/mol. The zero-order valence-electron chi connectivity index (χ0n) is 5.34. The van der Waals surface area contributed by atoms with E-state index in [1.54, 1.807) is 0 Å². The molecule has 4 heteroatoms. The molecule has 1 aromatic rings. The highest BCUT2D eigenvalue weighted by atomic mass is 35.5. The van der Waals surface area contributed by atoms with Crippen molar-refractivity contribution in [2.75, 3.05) is 0 Å². The molecule has 0 amide bonds. The van der Waals surface area contributed by atoms with Crippen molar-refractivity contribution >= 4 is 17.4 Å². The van der Waals surface area contributed by atoms with E-state index < -0.39 is 0 Å². The van der Waals surface area contributed by atoms with Gasteiger partial charge in [-0.25, -0.2) is 9.97 Å². The van der Waals surface area contributed by atoms with Gasteiger partial charge in [0, 0.05) is 13.1 Å². The van der Waals surface area contributed by atoms with Gasteiger partial charge in [-0.05, 0) is 6.07 Å². The first kappa shape index (κ1) is 7.15. The van der Waals surface area contributed by atoms with E-state index in [4.69, 9.17) is 11.6 Å². The fraction of sp³-hybridized carbons (Fsp3) is 0.167. The van der Waals surface area contributed by atoms with Crippen LogP contribution < -0.4 is 0 Å². The second kappa shape index (κ2) is 2.75. The number of carbonyl (C=O) groups is 1. The smallest absolute Gasteiger partial charge is 0.197 e. The molecule has 0 aromatic carbocycles. The van der Waals surface area contributed by atoms with Gasteiger partial charge in [-0.3, -0.25) is 4.79 Å². The Bertz CT molecular complexity index is 262. The van der Waals surface area contributed by atoms with E-state index in [0.717, 1.165) is 0 Å². The summed E-state index contributed by atoms with van der Waals surface area (Å²) in [6.07, 6.45) is 1.45. The zero-order valence-corrected chi connectivity index (χ0v) is 6.09. The molecule has 0 spiro atoms. The summed E-state index contributed by atoms with van der Waals surface area (Å²) in [5, 5.41) is 0.292. The first-order valence-corrected chi connectivity index (χ1v) is 3.07. The summed E-state index contributed by atoms with van der Waals surface area (Å²) in [5.74, 6) is -0.0185. The molecule has 1 rings (SSSR count). The van der Waals surface area contributed by atoms with Crippen LogP contribution >= 0.6 is 11.6 Å². The number of nitrogens with zero attached hydrogens (tertiary/aromatic N) is 2. The van der Waals surface area contributed by atoms with Crippen LogP contribution in [0.3, 0.4) is 0 Å². The summed E-state index contributed by atoms with van der Waals surface area (Å²) in [6, 6.07) is 1.52. The van der Waals surface area contributed by atoms with Gasteiger partial charge in [0.15, 0.2) is 11.6 Å². The van der Waals surface area contributed by atoms with E-state index in [2.05, 4.69) is 9.97 Å². The van der Waals surface area contributed by atoms with E-state index in [-0.39, 0.29) is 11.6 Å². The van der Waals surface area contributed by atoms with Crippen molar-refractivity contribution in [1.29, 1.82) is 0 Å². The Balaban J connectivity index is 3.07. The molecule has 0 bridgehead atoms. The molecule has 1 aromatic heterocycles. The molecule has 0 fully saturated rings. The summed E-state index contributed by atoms with van der Waals surface area (Å²) in [5.41, 5.74) is 0. The molecule has 0 aliphatic carbocycles. The Hall–Kier alpha value is -0.960. The van der Waals surface area contributed by atoms with Gasteiger partial charge in [0.25, 0.3) is 0 Å². The number of hydrogen-bond donors (Lipinski definition) is 0. The minimum Gasteiger partial charge on any atom is -0.291 e. The van der Waals surface area contributed by atoms with Crippen molar-refractivity contribution in [3.05, 3.63) is 23.2 Å². The monoisotopic (exact) mass is 156 g/mol. The van der Waals surface area contributed by atoms with Crippen molar-refractivity contribution in [2.45, 2.75) is 6.92 Å². The summed E-state index contributed by atoms with van der Waals surface area (Å²) in [4.78, 5) is 18.0. The van der Waals surface area contributed by atoms with Crippen LogP contribution in [0.15, 0.2) is 12.3 Å². The number of Topliss-reactive ketones (excluding diaryl/α,β-unsaturated/α-hetero) is 1. The number of ketones is 1. The van der Waals surface area contributed by atoms with Crippen LogP contribution in [0.25, 0.3) is 0 Å². The maximum absolute atomic E-state index is 10.6. The molecule has 0 atom stereocenters. The predicted molar refractivity (Wildman–Crippen MR) is 37.0 cm³/mol. The van der Waals surface area contributed by atoms with Crippen LogP contribution in [0.2, 0.25) is 5.15 Å². The quantitative estimate of drug-likeness (QED) is 0.455. The molecule has 0 saturated carbocycles. The molecule has 1 heterocycles. The maximum atomic E-state index is 10.6. The van der Waals surface area contributed by atoms with Crippen molar-refractivity contribution < 1.29 is 4.79 Å². The fourth-order valence-electron chi connectivity index (χ4n) is 0.506. The molecular weight excluding hydrogens is 152 g/mol. The van der Waals surface area contributed by atoms with E-state index in [9.17, 15) is 4.79 Å². The van der Waals surface area contributed by atoms with Gasteiger partial charge < -0.3 is 0 Å². The van der Waals surface area contributed by atoms with Crippen molar-refractivity contribution in [3.63, 3.8) is 0 Å². The van der Waals surface area contributed by atoms with E-state index in [1.165, 1.54) is 19.2 Å². The maximum Gasteiger partial charge on any atom is 0.197 e. The van der Waals surface area contributed by atoms with Gasteiger partial charge in [-0.2, -0.15) is 0 Å². The first-order chi connectivity index (χ1) is 4.70. The van der Waals surface area contributed by atoms with Crippen molar-refractivity contribution in [1.82, 2.24) is 9.97 Å². The minimum absolute atomic E-state index is 0.160. The summed E-state index contributed by atoms with van der Waals surface area (Å²) in [7, 11) is 0. The molecule has 0 aliphatic heterocycles. The summed E-state index contributed by atoms with van der Waals surface area (Å²) in [6.45, 7) is 1.39. The average Bonchev–Trinajstić information content (AvgIpc) is 1.88. The summed E-state index contributed by atoms with van der Waals surface area (Å²) < 4.78 is 0. The van der Waals surface area contributed by atoms with Gasteiger partial charge in [-0.15, -0.1) is 0 Å². The number of halogens is 1. The lowest BCUT2D eigenvalue weighted by Gasteiger charge is -1.91. The normalized spacial score (nSPS) is 9.40. The molecule has 10 heavy (non-hydrogen) atoms. The lowest BCUT2D eigenvalue weighted by molar-refractivity contribution is 0.100. The van der Waals surface area contributed by atoms with Crippen LogP contribution in [0.1, 0.15) is 17.5 Å². The lowest BCUT2D eigenvalue weighted by atomic mass is 10.4. The number of carbonyl (C=O) groups excluding carboxylic acids is 1. The fourth-order valence-corrected chi connectivity index (χ4v) is 0.643. The third-order valence-corrected chi connectivity index (χ3v) is 1.15. The van der Waals surface area contributed by atoms with E-state index in [0.29, 0.717) is 5.15 Å². The van der Waals surface area contributed by atoms with Crippen LogP contribution in [0, 0.1) is 0 Å². The highest BCUT2D eigenvalue weighted by molar-refractivity contribution is 6.29. The highest BCUT2D eigenvalue weighted by Gasteiger charge is 2.00. The Morgan fingerprint density at radius 1 is 1.70 bits per heavy atom. The van der Waals surface area contributed by atoms with Gasteiger partial charge in [0.2, 0.25) is 0 Å². The van der Waals surface area contributed by atoms with Crippen molar-refractivity contribution in [3.8, 4) is 0 Å². The Morgan fingerprint density at radius 2 is 2.40 bits per heavy atom. The Kier molecular flexibility index (Phi) is 1.97.